The highest BCUT2D eigenvalue weighted by molar-refractivity contribution is 5.59. The highest BCUT2D eigenvalue weighted by Gasteiger charge is 2.51. The summed E-state index contributed by atoms with van der Waals surface area (Å²) < 4.78 is 7.38. The first-order valence-corrected chi connectivity index (χ1v) is 9.66. The molecule has 2 N–H and O–H groups in total. The van der Waals surface area contributed by atoms with Crippen LogP contribution in [-0.4, -0.2) is 32.9 Å². The third-order valence-electron chi connectivity index (χ3n) is 5.66. The molecule has 0 radical (unpaired) electrons. The van der Waals surface area contributed by atoms with Gasteiger partial charge in [-0.25, -0.2) is 4.98 Å². The molecule has 2 aliphatic rings. The Kier molecular flexibility index (Phi) is 4.27. The zero-order valence-electron chi connectivity index (χ0n) is 15.7. The summed E-state index contributed by atoms with van der Waals surface area (Å²) in [6.07, 6.45) is 2.88. The molecular weight excluding hydrogens is 352 g/mol. The fraction of sp³-hybridized carbons (Fsp3) is 0.364. The molecule has 4 atom stereocenters. The molecule has 6 nitrogen and oxygen atoms in total. The van der Waals surface area contributed by atoms with Crippen LogP contribution in [0.25, 0.3) is 11.3 Å². The highest BCUT2D eigenvalue weighted by Crippen LogP contribution is 2.48. The molecule has 28 heavy (non-hydrogen) atoms. The van der Waals surface area contributed by atoms with Crippen LogP contribution >= 0.6 is 0 Å². The summed E-state index contributed by atoms with van der Waals surface area (Å²) >= 11 is 0. The summed E-state index contributed by atoms with van der Waals surface area (Å²) in [5, 5.41) is 17.3. The Morgan fingerprint density at radius 1 is 1.29 bits per heavy atom. The van der Waals surface area contributed by atoms with Gasteiger partial charge in [0.1, 0.15) is 17.6 Å². The van der Waals surface area contributed by atoms with Crippen LogP contribution in [0.2, 0.25) is 0 Å². The van der Waals surface area contributed by atoms with E-state index in [9.17, 15) is 5.11 Å². The molecule has 2 fully saturated rings. The minimum Gasteiger partial charge on any atom is -0.385 e. The summed E-state index contributed by atoms with van der Waals surface area (Å²) in [7, 11) is 0. The molecule has 1 aliphatic carbocycles. The van der Waals surface area contributed by atoms with Gasteiger partial charge in [-0.1, -0.05) is 17.0 Å². The normalized spacial score (nSPS) is 23.7. The Morgan fingerprint density at radius 2 is 2.07 bits per heavy atom. The zero-order chi connectivity index (χ0) is 19.1. The lowest BCUT2D eigenvalue weighted by Gasteiger charge is -2.07. The molecule has 3 aromatic rings. The largest absolute Gasteiger partial charge is 0.385 e. The van der Waals surface area contributed by atoms with E-state index in [2.05, 4.69) is 27.3 Å². The molecule has 0 bridgehead atoms. The van der Waals surface area contributed by atoms with Crippen LogP contribution in [0.15, 0.2) is 47.2 Å². The van der Waals surface area contributed by atoms with Gasteiger partial charge >= 0.3 is 0 Å². The molecule has 0 amide bonds. The van der Waals surface area contributed by atoms with Crippen molar-refractivity contribution in [2.75, 3.05) is 13.1 Å². The van der Waals surface area contributed by atoms with Crippen molar-refractivity contribution in [1.82, 2.24) is 20.0 Å². The Labute approximate surface area is 163 Å². The van der Waals surface area contributed by atoms with E-state index in [-0.39, 0.29) is 0 Å². The number of piperidine rings is 1. The SMILES string of the molecule is C[C@H](O)c1nccn1Cc1cc(-c2ccc(C#C[C@H]3[C@H]4CNC[C@@H]34)cc2)on1. The number of aliphatic hydroxyl groups excluding tert-OH is 1. The standard InChI is InChI=1S/C22H22N4O2/c1-14(27)22-24-8-9-26(22)13-17-10-21(28-25-17)16-5-2-15(3-6-16)4-7-18-19-11-23-12-20(18)19/h2-3,5-6,8-10,14,18-20,23,27H,11-13H2,1H3/t14-,18-,19+,20-/m0/s1. The summed E-state index contributed by atoms with van der Waals surface area (Å²) in [5.74, 6) is 10.2. The summed E-state index contributed by atoms with van der Waals surface area (Å²) in [6.45, 7) is 4.44. The molecule has 6 heteroatoms. The van der Waals surface area contributed by atoms with Crippen LogP contribution < -0.4 is 5.32 Å². The number of aliphatic hydroxyl groups is 1. The lowest BCUT2D eigenvalue weighted by Crippen LogP contribution is -2.13. The van der Waals surface area contributed by atoms with Crippen LogP contribution in [-0.2, 0) is 6.54 Å². The number of hydrogen-bond acceptors (Lipinski definition) is 5. The second-order valence-electron chi connectivity index (χ2n) is 7.63. The number of benzene rings is 1. The van der Waals surface area contributed by atoms with Crippen LogP contribution in [0, 0.1) is 29.6 Å². The average molecular weight is 374 g/mol. The fourth-order valence-electron chi connectivity index (χ4n) is 4.04. The van der Waals surface area contributed by atoms with Crippen molar-refractivity contribution in [1.29, 1.82) is 0 Å². The van der Waals surface area contributed by atoms with E-state index in [4.69, 9.17) is 4.52 Å². The zero-order valence-corrected chi connectivity index (χ0v) is 15.7. The van der Waals surface area contributed by atoms with Crippen molar-refractivity contribution in [3.05, 3.63) is 59.8 Å². The third-order valence-corrected chi connectivity index (χ3v) is 5.66. The first-order valence-electron chi connectivity index (χ1n) is 9.66. The van der Waals surface area contributed by atoms with Crippen molar-refractivity contribution in [2.45, 2.75) is 19.6 Å². The topological polar surface area (TPSA) is 76.1 Å². The second-order valence-corrected chi connectivity index (χ2v) is 7.63. The minimum absolute atomic E-state index is 0.506. The minimum atomic E-state index is -0.624. The molecule has 2 aromatic heterocycles. The number of hydrogen-bond donors (Lipinski definition) is 2. The van der Waals surface area contributed by atoms with Crippen molar-refractivity contribution < 1.29 is 9.63 Å². The molecule has 142 valence electrons. The first-order chi connectivity index (χ1) is 13.7. The van der Waals surface area contributed by atoms with Gasteiger partial charge in [-0.3, -0.25) is 0 Å². The van der Waals surface area contributed by atoms with E-state index in [1.54, 1.807) is 13.1 Å². The maximum Gasteiger partial charge on any atom is 0.167 e. The summed E-state index contributed by atoms with van der Waals surface area (Å²) in [5.41, 5.74) is 2.78. The Morgan fingerprint density at radius 3 is 2.82 bits per heavy atom. The number of nitrogens with one attached hydrogen (secondary N) is 1. The predicted molar refractivity (Wildman–Crippen MR) is 104 cm³/mol. The van der Waals surface area contributed by atoms with Crippen LogP contribution in [0.5, 0.6) is 0 Å². The molecule has 3 heterocycles. The lowest BCUT2D eigenvalue weighted by atomic mass is 10.1. The highest BCUT2D eigenvalue weighted by atomic mass is 16.5. The molecule has 5 rings (SSSR count). The quantitative estimate of drug-likeness (QED) is 0.686. The maximum absolute atomic E-state index is 9.77. The molecule has 1 saturated heterocycles. The number of nitrogens with zero attached hydrogens (tertiary/aromatic N) is 3. The molecular formula is C22H22N4O2. The summed E-state index contributed by atoms with van der Waals surface area (Å²) in [6, 6.07) is 10.0. The van der Waals surface area contributed by atoms with Gasteiger partial charge in [0.05, 0.1) is 6.54 Å². The molecule has 1 aromatic carbocycles. The number of aromatic nitrogens is 3. The van der Waals surface area contributed by atoms with Crippen molar-refractivity contribution in [3.63, 3.8) is 0 Å². The van der Waals surface area contributed by atoms with Gasteiger partial charge < -0.3 is 19.5 Å². The maximum atomic E-state index is 9.77. The van der Waals surface area contributed by atoms with Crippen LogP contribution in [0.4, 0.5) is 0 Å². The van der Waals surface area contributed by atoms with E-state index < -0.39 is 6.10 Å². The molecule has 1 aliphatic heterocycles. The fourth-order valence-corrected chi connectivity index (χ4v) is 4.04. The van der Waals surface area contributed by atoms with Gasteiger partial charge in [0.15, 0.2) is 5.76 Å². The van der Waals surface area contributed by atoms with Crippen molar-refractivity contribution in [2.24, 2.45) is 17.8 Å². The van der Waals surface area contributed by atoms with Crippen molar-refractivity contribution in [3.8, 4) is 23.2 Å². The van der Waals surface area contributed by atoms with Gasteiger partial charge in [0.2, 0.25) is 0 Å². The predicted octanol–water partition coefficient (Wildman–Crippen LogP) is 2.46. The smallest absolute Gasteiger partial charge is 0.167 e. The third kappa shape index (κ3) is 3.24. The van der Waals surface area contributed by atoms with Gasteiger partial charge in [0.25, 0.3) is 0 Å². The Bertz CT molecular complexity index is 1030. The van der Waals surface area contributed by atoms with E-state index >= 15 is 0 Å². The Hall–Kier alpha value is -2.88. The van der Waals surface area contributed by atoms with Gasteiger partial charge in [-0.2, -0.15) is 0 Å². The first kappa shape index (κ1) is 17.2. The monoisotopic (exact) mass is 374 g/mol. The number of imidazole rings is 1. The summed E-state index contributed by atoms with van der Waals surface area (Å²) in [4.78, 5) is 4.18. The molecule has 0 spiro atoms. The van der Waals surface area contributed by atoms with Crippen LogP contribution in [0.1, 0.15) is 30.1 Å². The van der Waals surface area contributed by atoms with Gasteiger partial charge in [-0.15, -0.1) is 0 Å². The van der Waals surface area contributed by atoms with E-state index in [1.165, 1.54) is 0 Å². The van der Waals surface area contributed by atoms with Crippen LogP contribution in [0.3, 0.4) is 0 Å². The van der Waals surface area contributed by atoms with E-state index in [1.807, 2.05) is 41.1 Å². The van der Waals surface area contributed by atoms with E-state index in [0.717, 1.165) is 47.5 Å². The average Bonchev–Trinajstić information content (AvgIpc) is 3.21. The Balaban J connectivity index is 1.27. The number of rotatable bonds is 4. The number of fused-ring (bicyclic) bond motifs is 1. The van der Waals surface area contributed by atoms with Gasteiger partial charge in [-0.05, 0) is 56.1 Å². The molecule has 0 unspecified atom stereocenters. The van der Waals surface area contributed by atoms with E-state index in [0.29, 0.717) is 18.3 Å². The molecule has 1 saturated carbocycles. The van der Waals surface area contributed by atoms with Crippen molar-refractivity contribution >= 4 is 0 Å². The van der Waals surface area contributed by atoms with Gasteiger partial charge in [0, 0.05) is 35.5 Å². The lowest BCUT2D eigenvalue weighted by molar-refractivity contribution is 0.184. The second kappa shape index (κ2) is 6.93.